The number of barbiturate groups is 1. The molecule has 0 aromatic heterocycles. The van der Waals surface area contributed by atoms with Crippen molar-refractivity contribution in [1.29, 1.82) is 0 Å². The first kappa shape index (κ1) is 24.9. The summed E-state index contributed by atoms with van der Waals surface area (Å²) in [7, 11) is 0. The lowest BCUT2D eigenvalue weighted by atomic mass is 10.1. The third kappa shape index (κ3) is 5.58. The summed E-state index contributed by atoms with van der Waals surface area (Å²) < 4.78 is 17.2. The number of nitrogens with zero attached hydrogens (tertiary/aromatic N) is 1. The maximum Gasteiger partial charge on any atom is 0.335 e. The Balaban J connectivity index is 1.95. The zero-order chi connectivity index (χ0) is 24.7. The zero-order valence-corrected chi connectivity index (χ0v) is 20.3. The van der Waals surface area contributed by atoms with Crippen LogP contribution in [0.4, 0.5) is 10.5 Å². The molecular weight excluding hydrogens is 504 g/mol. The van der Waals surface area contributed by atoms with Gasteiger partial charge in [0.15, 0.2) is 11.5 Å². The predicted molar refractivity (Wildman–Crippen MR) is 131 cm³/mol. The number of rotatable bonds is 9. The number of nitrogens with one attached hydrogen (secondary N) is 1. The van der Waals surface area contributed by atoms with Crippen LogP contribution in [0.25, 0.3) is 6.08 Å². The summed E-state index contributed by atoms with van der Waals surface area (Å²) >= 11 is 3.41. The molecule has 1 aliphatic rings. The molecule has 0 radical (unpaired) electrons. The molecule has 1 aliphatic heterocycles. The first-order chi connectivity index (χ1) is 16.4. The minimum atomic E-state index is -0.830. The van der Waals surface area contributed by atoms with Gasteiger partial charge in [0.1, 0.15) is 17.9 Å². The second-order valence-electron chi connectivity index (χ2n) is 7.06. The van der Waals surface area contributed by atoms with Crippen LogP contribution in [0, 0.1) is 12.3 Å². The van der Waals surface area contributed by atoms with Gasteiger partial charge in [0, 0.05) is 0 Å². The quantitative estimate of drug-likeness (QED) is 0.297. The van der Waals surface area contributed by atoms with E-state index in [1.54, 1.807) is 36.4 Å². The van der Waals surface area contributed by atoms with Crippen molar-refractivity contribution in [2.45, 2.75) is 20.3 Å². The van der Waals surface area contributed by atoms with Crippen LogP contribution < -0.4 is 24.4 Å². The number of anilines is 1. The average Bonchev–Trinajstić information content (AvgIpc) is 2.81. The van der Waals surface area contributed by atoms with Gasteiger partial charge >= 0.3 is 6.03 Å². The number of carbonyl (C=O) groups excluding carboxylic acids is 3. The molecule has 2 aromatic carbocycles. The molecule has 4 amide bonds. The highest BCUT2D eigenvalue weighted by molar-refractivity contribution is 9.10. The maximum atomic E-state index is 13.2. The smallest absolute Gasteiger partial charge is 0.335 e. The monoisotopic (exact) mass is 526 g/mol. The fourth-order valence-electron chi connectivity index (χ4n) is 3.16. The molecule has 34 heavy (non-hydrogen) atoms. The summed E-state index contributed by atoms with van der Waals surface area (Å²) in [5, 5.41) is 2.21. The maximum absolute atomic E-state index is 13.2. The first-order valence-electron chi connectivity index (χ1n) is 10.6. The van der Waals surface area contributed by atoms with Crippen molar-refractivity contribution >= 4 is 45.5 Å². The summed E-state index contributed by atoms with van der Waals surface area (Å²) in [6.07, 6.45) is 7.51. The largest absolute Gasteiger partial charge is 0.494 e. The summed E-state index contributed by atoms with van der Waals surface area (Å²) in [6, 6.07) is 8.92. The van der Waals surface area contributed by atoms with Crippen LogP contribution in [0.3, 0.4) is 0 Å². The topological polar surface area (TPSA) is 94.2 Å². The van der Waals surface area contributed by atoms with E-state index >= 15 is 0 Å². The molecule has 1 heterocycles. The Labute approximate surface area is 206 Å². The van der Waals surface area contributed by atoms with E-state index in [1.807, 2.05) is 13.8 Å². The zero-order valence-electron chi connectivity index (χ0n) is 18.7. The number of halogens is 1. The molecule has 0 aliphatic carbocycles. The van der Waals surface area contributed by atoms with Crippen molar-refractivity contribution < 1.29 is 28.6 Å². The molecule has 1 saturated heterocycles. The molecule has 2 aromatic rings. The van der Waals surface area contributed by atoms with E-state index in [0.717, 1.165) is 11.3 Å². The van der Waals surface area contributed by atoms with E-state index in [0.29, 0.717) is 46.2 Å². The van der Waals surface area contributed by atoms with Crippen LogP contribution in [0.15, 0.2) is 46.4 Å². The molecule has 8 nitrogen and oxygen atoms in total. The third-order valence-electron chi connectivity index (χ3n) is 4.61. The van der Waals surface area contributed by atoms with Crippen LogP contribution >= 0.6 is 15.9 Å². The Morgan fingerprint density at radius 3 is 2.47 bits per heavy atom. The van der Waals surface area contributed by atoms with E-state index in [4.69, 9.17) is 20.6 Å². The number of urea groups is 1. The normalized spacial score (nSPS) is 14.6. The number of hydrogen-bond donors (Lipinski definition) is 1. The summed E-state index contributed by atoms with van der Waals surface area (Å²) in [5.41, 5.74) is 0.580. The SMILES string of the molecule is C#CCOc1c(Br)cc(/C=C2/C(=O)NC(=O)N(c3ccc(OCCC)cc3)C2=O)cc1OCC. The lowest BCUT2D eigenvalue weighted by Gasteiger charge is -2.26. The van der Waals surface area contributed by atoms with Gasteiger partial charge in [-0.15, -0.1) is 6.42 Å². The second-order valence-corrected chi connectivity index (χ2v) is 7.91. The summed E-state index contributed by atoms with van der Waals surface area (Å²) in [6.45, 7) is 4.75. The molecule has 176 valence electrons. The van der Waals surface area contributed by atoms with Crippen LogP contribution in [-0.2, 0) is 9.59 Å². The predicted octanol–water partition coefficient (Wildman–Crippen LogP) is 4.32. The third-order valence-corrected chi connectivity index (χ3v) is 5.20. The number of imide groups is 2. The number of amides is 4. The molecule has 1 N–H and O–H groups in total. The Bertz CT molecular complexity index is 1170. The van der Waals surface area contributed by atoms with E-state index in [1.165, 1.54) is 6.08 Å². The molecule has 9 heteroatoms. The van der Waals surface area contributed by atoms with Gasteiger partial charge in [-0.3, -0.25) is 14.9 Å². The Kier molecular flexibility index (Phi) is 8.33. The van der Waals surface area contributed by atoms with Gasteiger partial charge in [-0.1, -0.05) is 12.8 Å². The number of ether oxygens (including phenoxy) is 3. The summed E-state index contributed by atoms with van der Waals surface area (Å²) in [4.78, 5) is 39.0. The van der Waals surface area contributed by atoms with Crippen LogP contribution in [-0.4, -0.2) is 37.7 Å². The van der Waals surface area contributed by atoms with Crippen molar-refractivity contribution in [1.82, 2.24) is 5.32 Å². The average molecular weight is 527 g/mol. The Hall–Kier alpha value is -3.77. The molecule has 1 fully saturated rings. The fourth-order valence-corrected chi connectivity index (χ4v) is 3.73. The van der Waals surface area contributed by atoms with Crippen molar-refractivity contribution in [2.24, 2.45) is 0 Å². The van der Waals surface area contributed by atoms with Crippen molar-refractivity contribution in [3.63, 3.8) is 0 Å². The van der Waals surface area contributed by atoms with E-state index < -0.39 is 17.8 Å². The van der Waals surface area contributed by atoms with Gasteiger partial charge < -0.3 is 14.2 Å². The lowest BCUT2D eigenvalue weighted by Crippen LogP contribution is -2.54. The molecule has 0 saturated carbocycles. The fraction of sp³-hybridized carbons (Fsp3) is 0.240. The van der Waals surface area contributed by atoms with Crippen molar-refractivity contribution in [3.8, 4) is 29.6 Å². The van der Waals surface area contributed by atoms with Gasteiger partial charge in [0.2, 0.25) is 0 Å². The van der Waals surface area contributed by atoms with Crippen LogP contribution in [0.5, 0.6) is 17.2 Å². The molecule has 0 atom stereocenters. The lowest BCUT2D eigenvalue weighted by molar-refractivity contribution is -0.122. The number of carbonyl (C=O) groups is 3. The van der Waals surface area contributed by atoms with Gasteiger partial charge in [0.25, 0.3) is 11.8 Å². The summed E-state index contributed by atoms with van der Waals surface area (Å²) in [5.74, 6) is 2.25. The molecule has 0 unspecified atom stereocenters. The van der Waals surface area contributed by atoms with Crippen molar-refractivity contribution in [2.75, 3.05) is 24.7 Å². The van der Waals surface area contributed by atoms with Gasteiger partial charge in [-0.05, 0) is 77.3 Å². The van der Waals surface area contributed by atoms with E-state index in [9.17, 15) is 14.4 Å². The van der Waals surface area contributed by atoms with Gasteiger partial charge in [0.05, 0.1) is 23.4 Å². The molecule has 0 spiro atoms. The van der Waals surface area contributed by atoms with Gasteiger partial charge in [-0.25, -0.2) is 9.69 Å². The number of terminal acetylenes is 1. The second kappa shape index (κ2) is 11.4. The minimum Gasteiger partial charge on any atom is -0.494 e. The Morgan fingerprint density at radius 1 is 1.09 bits per heavy atom. The van der Waals surface area contributed by atoms with Gasteiger partial charge in [-0.2, -0.15) is 0 Å². The molecule has 0 bridgehead atoms. The van der Waals surface area contributed by atoms with E-state index in [-0.39, 0.29) is 12.2 Å². The standard InChI is InChI=1S/C25H23BrN2O6/c1-4-11-33-18-9-7-17(8-10-18)28-24(30)19(23(29)27-25(28)31)13-16-14-20(26)22(34-12-5-2)21(15-16)32-6-3/h2,7-10,13-15H,4,6,11-12H2,1,3H3,(H,27,29,31)/b19-13-. The highest BCUT2D eigenvalue weighted by Crippen LogP contribution is 2.38. The number of hydrogen-bond acceptors (Lipinski definition) is 6. The van der Waals surface area contributed by atoms with Crippen molar-refractivity contribution in [3.05, 3.63) is 52.0 Å². The Morgan fingerprint density at radius 2 is 1.82 bits per heavy atom. The van der Waals surface area contributed by atoms with Crippen LogP contribution in [0.1, 0.15) is 25.8 Å². The number of benzene rings is 2. The first-order valence-corrected chi connectivity index (χ1v) is 11.4. The van der Waals surface area contributed by atoms with Crippen LogP contribution in [0.2, 0.25) is 0 Å². The highest BCUT2D eigenvalue weighted by Gasteiger charge is 2.36. The minimum absolute atomic E-state index is 0.0410. The van der Waals surface area contributed by atoms with E-state index in [2.05, 4.69) is 27.2 Å². The molecular formula is C25H23BrN2O6. The molecule has 3 rings (SSSR count). The highest BCUT2D eigenvalue weighted by atomic mass is 79.9.